The van der Waals surface area contributed by atoms with Crippen LogP contribution >= 0.6 is 27.7 Å². The van der Waals surface area contributed by atoms with E-state index in [4.69, 9.17) is 4.74 Å². The van der Waals surface area contributed by atoms with Crippen molar-refractivity contribution in [2.24, 2.45) is 0 Å². The molecule has 0 spiro atoms. The summed E-state index contributed by atoms with van der Waals surface area (Å²) < 4.78 is 8.48. The molecule has 1 atom stereocenters. The lowest BCUT2D eigenvalue weighted by Gasteiger charge is -2.13. The Morgan fingerprint density at radius 3 is 2.59 bits per heavy atom. The van der Waals surface area contributed by atoms with Crippen LogP contribution in [0.15, 0.2) is 58.4 Å². The van der Waals surface area contributed by atoms with Crippen molar-refractivity contribution in [1.29, 1.82) is 0 Å². The third kappa shape index (κ3) is 5.74. The fourth-order valence-electron chi connectivity index (χ4n) is 2.82. The van der Waals surface area contributed by atoms with Crippen LogP contribution in [0.4, 0.5) is 0 Å². The minimum Gasteiger partial charge on any atom is -0.382 e. The topological polar surface area (TPSA) is 69.9 Å². The van der Waals surface area contributed by atoms with Crippen molar-refractivity contribution >= 4 is 33.5 Å². The zero-order valence-electron chi connectivity index (χ0n) is 16.4. The molecule has 0 saturated heterocycles. The first-order chi connectivity index (χ1) is 14.1. The minimum atomic E-state index is -0.281. The second kappa shape index (κ2) is 10.7. The summed E-state index contributed by atoms with van der Waals surface area (Å²) in [6.07, 6.45) is 4.31. The molecule has 0 unspecified atom stereocenters. The normalized spacial score (nSPS) is 12.1. The summed E-state index contributed by atoms with van der Waals surface area (Å²) in [4.78, 5) is 16.9. The molecule has 6 nitrogen and oxygen atoms in total. The second-order valence-electron chi connectivity index (χ2n) is 6.38. The maximum atomic E-state index is 12.8. The second-order valence-corrected chi connectivity index (χ2v) is 8.60. The highest BCUT2D eigenvalue weighted by Crippen LogP contribution is 2.28. The predicted molar refractivity (Wildman–Crippen MR) is 118 cm³/mol. The quantitative estimate of drug-likeness (QED) is 0.236. The molecule has 1 aromatic carbocycles. The Labute approximate surface area is 183 Å². The van der Waals surface area contributed by atoms with Crippen molar-refractivity contribution in [2.75, 3.05) is 13.2 Å². The number of carbonyl (C=O) groups is 1. The van der Waals surface area contributed by atoms with Crippen LogP contribution in [0, 0.1) is 0 Å². The minimum absolute atomic E-state index is 0.0665. The number of pyridine rings is 1. The van der Waals surface area contributed by atoms with Gasteiger partial charge in [-0.1, -0.05) is 39.8 Å². The SMILES string of the molecule is CCOCCCn1c(S[C@H](C)C(=O)c2ccc(Br)cc2)nnc1-c1ccncc1. The van der Waals surface area contributed by atoms with E-state index in [0.29, 0.717) is 25.3 Å². The molecule has 0 aliphatic rings. The summed E-state index contributed by atoms with van der Waals surface area (Å²) in [5.74, 6) is 0.839. The molecule has 0 saturated carbocycles. The molecule has 0 amide bonds. The molecule has 0 radical (unpaired) electrons. The van der Waals surface area contributed by atoms with Crippen LogP contribution in [0.5, 0.6) is 0 Å². The molecule has 0 fully saturated rings. The number of benzene rings is 1. The summed E-state index contributed by atoms with van der Waals surface area (Å²) in [7, 11) is 0. The fourth-order valence-corrected chi connectivity index (χ4v) is 4.04. The number of halogens is 1. The number of aromatic nitrogens is 4. The number of hydrogen-bond acceptors (Lipinski definition) is 6. The maximum absolute atomic E-state index is 12.8. The first kappa shape index (κ1) is 21.7. The summed E-state index contributed by atoms with van der Waals surface area (Å²) in [6.45, 7) is 5.96. The number of ether oxygens (including phenoxy) is 1. The van der Waals surface area contributed by atoms with Crippen LogP contribution in [0.25, 0.3) is 11.4 Å². The van der Waals surface area contributed by atoms with Gasteiger partial charge >= 0.3 is 0 Å². The number of ketones is 1. The smallest absolute Gasteiger partial charge is 0.192 e. The Morgan fingerprint density at radius 1 is 1.17 bits per heavy atom. The lowest BCUT2D eigenvalue weighted by atomic mass is 10.1. The van der Waals surface area contributed by atoms with Crippen molar-refractivity contribution in [3.05, 3.63) is 58.8 Å². The third-order valence-electron chi connectivity index (χ3n) is 4.31. The summed E-state index contributed by atoms with van der Waals surface area (Å²) >= 11 is 4.83. The van der Waals surface area contributed by atoms with Crippen molar-refractivity contribution in [1.82, 2.24) is 19.7 Å². The van der Waals surface area contributed by atoms with Crippen LogP contribution in [0.1, 0.15) is 30.6 Å². The molecule has 2 heterocycles. The van der Waals surface area contributed by atoms with E-state index in [1.165, 1.54) is 11.8 Å². The highest BCUT2D eigenvalue weighted by molar-refractivity contribution is 9.10. The zero-order valence-corrected chi connectivity index (χ0v) is 18.8. The lowest BCUT2D eigenvalue weighted by Crippen LogP contribution is -2.15. The van der Waals surface area contributed by atoms with Gasteiger partial charge in [0.15, 0.2) is 16.8 Å². The van der Waals surface area contributed by atoms with Gasteiger partial charge in [0.25, 0.3) is 0 Å². The summed E-state index contributed by atoms with van der Waals surface area (Å²) in [5.41, 5.74) is 1.63. The van der Waals surface area contributed by atoms with Crippen molar-refractivity contribution < 1.29 is 9.53 Å². The van der Waals surface area contributed by atoms with E-state index in [1.54, 1.807) is 12.4 Å². The van der Waals surface area contributed by atoms with E-state index in [1.807, 2.05) is 50.2 Å². The molecule has 0 N–H and O–H groups in total. The molecule has 0 aliphatic heterocycles. The molecule has 8 heteroatoms. The third-order valence-corrected chi connectivity index (χ3v) is 5.92. The molecule has 3 aromatic rings. The highest BCUT2D eigenvalue weighted by Gasteiger charge is 2.21. The van der Waals surface area contributed by atoms with E-state index >= 15 is 0 Å². The van der Waals surface area contributed by atoms with E-state index in [0.717, 1.165) is 27.4 Å². The van der Waals surface area contributed by atoms with E-state index in [2.05, 4.69) is 35.7 Å². The van der Waals surface area contributed by atoms with Gasteiger partial charge < -0.3 is 9.30 Å². The average Bonchev–Trinajstić information content (AvgIpc) is 3.14. The van der Waals surface area contributed by atoms with Gasteiger partial charge in [-0.25, -0.2) is 0 Å². The van der Waals surface area contributed by atoms with Gasteiger partial charge in [-0.15, -0.1) is 10.2 Å². The monoisotopic (exact) mass is 474 g/mol. The first-order valence-electron chi connectivity index (χ1n) is 9.48. The van der Waals surface area contributed by atoms with Crippen molar-refractivity contribution in [2.45, 2.75) is 37.2 Å². The molecule has 0 bridgehead atoms. The van der Waals surface area contributed by atoms with E-state index in [-0.39, 0.29) is 11.0 Å². The van der Waals surface area contributed by atoms with Gasteiger partial charge in [0.1, 0.15) is 0 Å². The van der Waals surface area contributed by atoms with Crippen LogP contribution in [-0.2, 0) is 11.3 Å². The summed E-state index contributed by atoms with van der Waals surface area (Å²) in [6, 6.07) is 11.2. The van der Waals surface area contributed by atoms with Gasteiger partial charge in [-0.3, -0.25) is 9.78 Å². The maximum Gasteiger partial charge on any atom is 0.192 e. The zero-order chi connectivity index (χ0) is 20.6. The van der Waals surface area contributed by atoms with Gasteiger partial charge in [0.05, 0.1) is 5.25 Å². The average molecular weight is 475 g/mol. The Balaban J connectivity index is 1.80. The number of thioether (sulfide) groups is 1. The van der Waals surface area contributed by atoms with Crippen molar-refractivity contribution in [3.8, 4) is 11.4 Å². The molecule has 0 aliphatic carbocycles. The van der Waals surface area contributed by atoms with Gasteiger partial charge in [0, 0.05) is 47.8 Å². The lowest BCUT2D eigenvalue weighted by molar-refractivity contribution is 0.0993. The summed E-state index contributed by atoms with van der Waals surface area (Å²) in [5, 5.41) is 9.21. The van der Waals surface area contributed by atoms with Gasteiger partial charge in [-0.05, 0) is 44.5 Å². The Morgan fingerprint density at radius 2 is 1.90 bits per heavy atom. The van der Waals surface area contributed by atoms with Crippen LogP contribution in [-0.4, -0.2) is 44.0 Å². The van der Waals surface area contributed by atoms with Crippen LogP contribution < -0.4 is 0 Å². The molecular weight excluding hydrogens is 452 g/mol. The van der Waals surface area contributed by atoms with Crippen LogP contribution in [0.3, 0.4) is 0 Å². The fraction of sp³-hybridized carbons (Fsp3) is 0.333. The molecular formula is C21H23BrN4O2S. The van der Waals surface area contributed by atoms with Crippen molar-refractivity contribution in [3.63, 3.8) is 0 Å². The van der Waals surface area contributed by atoms with Crippen LogP contribution in [0.2, 0.25) is 0 Å². The molecule has 3 rings (SSSR count). The number of Topliss-reactive ketones (excluding diaryl/α,β-unsaturated/α-hetero) is 1. The number of carbonyl (C=O) groups excluding carboxylic acids is 1. The van der Waals surface area contributed by atoms with E-state index < -0.39 is 0 Å². The van der Waals surface area contributed by atoms with Gasteiger partial charge in [0.2, 0.25) is 0 Å². The van der Waals surface area contributed by atoms with Gasteiger partial charge in [-0.2, -0.15) is 0 Å². The standard InChI is InChI=1S/C21H23BrN4O2S/c1-3-28-14-4-13-26-20(17-9-11-23-12-10-17)24-25-21(26)29-15(2)19(27)16-5-7-18(22)8-6-16/h5-12,15H,3-4,13-14H2,1-2H3/t15-/m1/s1. The Bertz CT molecular complexity index is 932. The Hall–Kier alpha value is -2.03. The predicted octanol–water partition coefficient (Wildman–Crippen LogP) is 4.89. The molecule has 152 valence electrons. The largest absolute Gasteiger partial charge is 0.382 e. The highest BCUT2D eigenvalue weighted by atomic mass is 79.9. The first-order valence-corrected chi connectivity index (χ1v) is 11.1. The molecule has 2 aromatic heterocycles. The van der Waals surface area contributed by atoms with E-state index in [9.17, 15) is 4.79 Å². The number of nitrogens with zero attached hydrogens (tertiary/aromatic N) is 4. The number of hydrogen-bond donors (Lipinski definition) is 0. The Kier molecular flexibility index (Phi) is 7.97. The number of rotatable bonds is 10. The molecule has 29 heavy (non-hydrogen) atoms.